The van der Waals surface area contributed by atoms with Crippen molar-refractivity contribution in [3.63, 3.8) is 0 Å². The number of aromatic nitrogens is 2. The molecule has 0 atom stereocenters. The highest BCUT2D eigenvalue weighted by Gasteiger charge is 2.46. The van der Waals surface area contributed by atoms with Crippen molar-refractivity contribution in [3.8, 4) is 0 Å². The quantitative estimate of drug-likeness (QED) is 0.608. The Bertz CT molecular complexity index is 456. The number of carbonyl (C=O) groups is 1. The Balaban J connectivity index is 1.71. The van der Waals surface area contributed by atoms with Crippen LogP contribution in [0.25, 0.3) is 0 Å². The van der Waals surface area contributed by atoms with Gasteiger partial charge in [-0.15, -0.1) is 10.2 Å². The van der Waals surface area contributed by atoms with Gasteiger partial charge in [-0.3, -0.25) is 4.84 Å². The third-order valence-electron chi connectivity index (χ3n) is 3.10. The van der Waals surface area contributed by atoms with Gasteiger partial charge in [0.05, 0.1) is 18.6 Å². The second kappa shape index (κ2) is 6.19. The third-order valence-corrected chi connectivity index (χ3v) is 3.10. The average Bonchev–Trinajstić information content (AvgIpc) is 2.81. The molecule has 1 aromatic rings. The molecule has 1 aromatic heterocycles. The summed E-state index contributed by atoms with van der Waals surface area (Å²) in [5.74, 6) is 1.10. The van der Waals surface area contributed by atoms with E-state index in [1.807, 2.05) is 13.8 Å². The average molecular weight is 284 g/mol. The Morgan fingerprint density at radius 2 is 2.20 bits per heavy atom. The number of ether oxygens (including phenoxy) is 1. The van der Waals surface area contributed by atoms with Gasteiger partial charge < -0.3 is 14.1 Å². The lowest BCUT2D eigenvalue weighted by atomic mass is 9.82. The third kappa shape index (κ3) is 3.26. The van der Waals surface area contributed by atoms with E-state index in [9.17, 15) is 4.79 Å². The number of nitrogens with zero attached hydrogens (tertiary/aromatic N) is 3. The Morgan fingerprint density at radius 1 is 1.45 bits per heavy atom. The molecule has 1 N–H and O–H groups in total. The van der Waals surface area contributed by atoms with Crippen molar-refractivity contribution in [2.75, 3.05) is 32.9 Å². The number of urea groups is 1. The van der Waals surface area contributed by atoms with E-state index in [2.05, 4.69) is 15.7 Å². The minimum Gasteiger partial charge on any atom is -0.425 e. The highest BCUT2D eigenvalue weighted by Crippen LogP contribution is 2.32. The van der Waals surface area contributed by atoms with Crippen molar-refractivity contribution in [3.05, 3.63) is 11.8 Å². The van der Waals surface area contributed by atoms with E-state index in [4.69, 9.17) is 14.0 Å². The highest BCUT2D eigenvalue weighted by atomic mass is 16.7. The van der Waals surface area contributed by atoms with E-state index in [-0.39, 0.29) is 11.4 Å². The SMILES string of the molecule is CCOCCONC(=O)N1CC(C)(c2nnc(C)o2)C1. The van der Waals surface area contributed by atoms with Crippen molar-refractivity contribution >= 4 is 6.03 Å². The molecule has 0 saturated carbocycles. The summed E-state index contributed by atoms with van der Waals surface area (Å²) in [7, 11) is 0. The molecule has 112 valence electrons. The number of nitrogens with one attached hydrogen (secondary N) is 1. The van der Waals surface area contributed by atoms with Crippen molar-refractivity contribution in [2.24, 2.45) is 0 Å². The van der Waals surface area contributed by atoms with Crippen LogP contribution in [0.3, 0.4) is 0 Å². The van der Waals surface area contributed by atoms with Crippen molar-refractivity contribution in [1.82, 2.24) is 20.6 Å². The van der Waals surface area contributed by atoms with Crippen LogP contribution in [0.1, 0.15) is 25.6 Å². The lowest BCUT2D eigenvalue weighted by Crippen LogP contribution is -2.62. The molecule has 1 aliphatic heterocycles. The summed E-state index contributed by atoms with van der Waals surface area (Å²) >= 11 is 0. The molecule has 0 radical (unpaired) electrons. The molecule has 2 rings (SSSR count). The lowest BCUT2D eigenvalue weighted by molar-refractivity contribution is -0.00602. The number of hydrogen-bond donors (Lipinski definition) is 1. The number of amides is 2. The number of hydroxylamine groups is 1. The molecule has 2 amide bonds. The molecule has 1 fully saturated rings. The Hall–Kier alpha value is -1.67. The highest BCUT2D eigenvalue weighted by molar-refractivity contribution is 5.74. The fourth-order valence-corrected chi connectivity index (χ4v) is 2.04. The molecule has 0 spiro atoms. The first-order chi connectivity index (χ1) is 9.55. The lowest BCUT2D eigenvalue weighted by Gasteiger charge is -2.44. The zero-order valence-corrected chi connectivity index (χ0v) is 12.0. The largest absolute Gasteiger partial charge is 0.425 e. The van der Waals surface area contributed by atoms with Gasteiger partial charge >= 0.3 is 6.03 Å². The maximum atomic E-state index is 11.8. The molecule has 0 unspecified atom stereocenters. The van der Waals surface area contributed by atoms with Crippen LogP contribution in [0.5, 0.6) is 0 Å². The number of carbonyl (C=O) groups excluding carboxylic acids is 1. The smallest absolute Gasteiger partial charge is 0.341 e. The van der Waals surface area contributed by atoms with Crippen LogP contribution in [0.2, 0.25) is 0 Å². The Morgan fingerprint density at radius 3 is 2.80 bits per heavy atom. The predicted octanol–water partition coefficient (Wildman–Crippen LogP) is 0.629. The fraction of sp³-hybridized carbons (Fsp3) is 0.750. The zero-order chi connectivity index (χ0) is 14.6. The molecule has 20 heavy (non-hydrogen) atoms. The van der Waals surface area contributed by atoms with Gasteiger partial charge in [0.15, 0.2) is 0 Å². The van der Waals surface area contributed by atoms with Crippen LogP contribution >= 0.6 is 0 Å². The van der Waals surface area contributed by atoms with Crippen LogP contribution in [0.15, 0.2) is 4.42 Å². The number of likely N-dealkylation sites (tertiary alicyclic amines) is 1. The topological polar surface area (TPSA) is 89.7 Å². The van der Waals surface area contributed by atoms with Gasteiger partial charge in [-0.1, -0.05) is 0 Å². The summed E-state index contributed by atoms with van der Waals surface area (Å²) < 4.78 is 10.5. The first-order valence-corrected chi connectivity index (χ1v) is 6.60. The van der Waals surface area contributed by atoms with E-state index >= 15 is 0 Å². The second-order valence-corrected chi connectivity index (χ2v) is 5.00. The number of hydrogen-bond acceptors (Lipinski definition) is 6. The summed E-state index contributed by atoms with van der Waals surface area (Å²) in [5.41, 5.74) is 2.10. The van der Waals surface area contributed by atoms with Crippen molar-refractivity contribution < 1.29 is 18.8 Å². The first-order valence-electron chi connectivity index (χ1n) is 6.60. The van der Waals surface area contributed by atoms with Crippen LogP contribution in [-0.2, 0) is 15.0 Å². The van der Waals surface area contributed by atoms with E-state index in [0.717, 1.165) is 0 Å². The van der Waals surface area contributed by atoms with Crippen molar-refractivity contribution in [2.45, 2.75) is 26.2 Å². The van der Waals surface area contributed by atoms with Gasteiger partial charge in [0.25, 0.3) is 0 Å². The molecule has 2 heterocycles. The van der Waals surface area contributed by atoms with E-state index < -0.39 is 0 Å². The Kier molecular flexibility index (Phi) is 4.56. The monoisotopic (exact) mass is 284 g/mol. The minimum absolute atomic E-state index is 0.268. The van der Waals surface area contributed by atoms with E-state index in [1.165, 1.54) is 0 Å². The zero-order valence-electron chi connectivity index (χ0n) is 12.0. The van der Waals surface area contributed by atoms with Gasteiger partial charge in [0.2, 0.25) is 11.8 Å². The predicted molar refractivity (Wildman–Crippen MR) is 68.9 cm³/mol. The second-order valence-electron chi connectivity index (χ2n) is 5.00. The van der Waals surface area contributed by atoms with Crippen LogP contribution in [-0.4, -0.2) is 54.0 Å². The maximum Gasteiger partial charge on any atom is 0.341 e. The standard InChI is InChI=1S/C12H20N4O4/c1-4-18-5-6-19-15-11(17)16-7-12(3,8-16)10-14-13-9(2)20-10/h4-8H2,1-3H3,(H,15,17). The first kappa shape index (κ1) is 14.7. The minimum atomic E-state index is -0.274. The molecule has 1 saturated heterocycles. The van der Waals surface area contributed by atoms with Gasteiger partial charge in [0, 0.05) is 26.6 Å². The van der Waals surface area contributed by atoms with Gasteiger partial charge in [0.1, 0.15) is 0 Å². The summed E-state index contributed by atoms with van der Waals surface area (Å²) in [6.45, 7) is 8.09. The Labute approximate surface area is 117 Å². The van der Waals surface area contributed by atoms with E-state index in [1.54, 1.807) is 11.8 Å². The fourth-order valence-electron chi connectivity index (χ4n) is 2.04. The molecule has 0 aromatic carbocycles. The summed E-state index contributed by atoms with van der Waals surface area (Å²) in [5, 5.41) is 7.81. The summed E-state index contributed by atoms with van der Waals surface area (Å²) in [6, 6.07) is -0.268. The van der Waals surface area contributed by atoms with Gasteiger partial charge in [-0.25, -0.2) is 10.3 Å². The van der Waals surface area contributed by atoms with Gasteiger partial charge in [-0.2, -0.15) is 0 Å². The van der Waals surface area contributed by atoms with Crippen LogP contribution in [0.4, 0.5) is 4.79 Å². The normalized spacial score (nSPS) is 16.9. The summed E-state index contributed by atoms with van der Waals surface area (Å²) in [6.07, 6.45) is 0. The summed E-state index contributed by atoms with van der Waals surface area (Å²) in [4.78, 5) is 18.4. The molecular formula is C12H20N4O4. The molecule has 8 heteroatoms. The maximum absolute atomic E-state index is 11.8. The number of rotatable bonds is 6. The van der Waals surface area contributed by atoms with Gasteiger partial charge in [-0.05, 0) is 13.8 Å². The number of aryl methyl sites for hydroxylation is 1. The molecule has 0 aliphatic carbocycles. The van der Waals surface area contributed by atoms with Crippen LogP contribution < -0.4 is 5.48 Å². The molecular weight excluding hydrogens is 264 g/mol. The molecule has 0 bridgehead atoms. The van der Waals surface area contributed by atoms with Crippen molar-refractivity contribution in [1.29, 1.82) is 0 Å². The van der Waals surface area contributed by atoms with Crippen LogP contribution in [0, 0.1) is 6.92 Å². The molecule has 1 aliphatic rings. The molecule has 8 nitrogen and oxygen atoms in total. The van der Waals surface area contributed by atoms with E-state index in [0.29, 0.717) is 44.7 Å².